The van der Waals surface area contributed by atoms with Crippen LogP contribution in [-0.2, 0) is 11.3 Å². The number of hydrogen-bond acceptors (Lipinski definition) is 4. The van der Waals surface area contributed by atoms with E-state index < -0.39 is 0 Å². The molecule has 4 rings (SSSR count). The highest BCUT2D eigenvalue weighted by Gasteiger charge is 2.48. The molecule has 0 aromatic heterocycles. The first-order valence-corrected chi connectivity index (χ1v) is 10.3. The fourth-order valence-corrected chi connectivity index (χ4v) is 5.14. The van der Waals surface area contributed by atoms with Gasteiger partial charge in [0.2, 0.25) is 5.91 Å². The highest BCUT2D eigenvalue weighted by atomic mass is 16.5. The number of ether oxygens (including phenoxy) is 2. The fraction of sp³-hybridized carbons (Fsp3) is 0.458. The Bertz CT molecular complexity index is 897. The van der Waals surface area contributed by atoms with Crippen molar-refractivity contribution in [3.8, 4) is 11.5 Å². The molecule has 2 aromatic carbocycles. The van der Waals surface area contributed by atoms with E-state index in [2.05, 4.69) is 53.1 Å². The van der Waals surface area contributed by atoms with E-state index in [-0.39, 0.29) is 11.9 Å². The number of methoxy groups -OCH3 is 2. The van der Waals surface area contributed by atoms with Gasteiger partial charge in [0.25, 0.3) is 0 Å². The molecule has 154 valence electrons. The molecule has 29 heavy (non-hydrogen) atoms. The maximum atomic E-state index is 12.4. The molecule has 3 atom stereocenters. The first-order chi connectivity index (χ1) is 14.0. The van der Waals surface area contributed by atoms with Crippen molar-refractivity contribution in [2.24, 2.45) is 11.8 Å². The summed E-state index contributed by atoms with van der Waals surface area (Å²) in [7, 11) is 3.33. The van der Waals surface area contributed by atoms with Gasteiger partial charge in [-0.1, -0.05) is 30.3 Å². The quantitative estimate of drug-likeness (QED) is 0.776. The van der Waals surface area contributed by atoms with Gasteiger partial charge >= 0.3 is 0 Å². The average Bonchev–Trinajstić information content (AvgIpc) is 3.25. The monoisotopic (exact) mass is 394 g/mol. The summed E-state index contributed by atoms with van der Waals surface area (Å²) in [6.45, 7) is 7.60. The van der Waals surface area contributed by atoms with Crippen molar-refractivity contribution in [3.63, 3.8) is 0 Å². The van der Waals surface area contributed by atoms with E-state index in [0.717, 1.165) is 37.7 Å². The number of nitrogens with zero attached hydrogens (tertiary/aromatic N) is 2. The van der Waals surface area contributed by atoms with E-state index in [1.165, 1.54) is 16.7 Å². The van der Waals surface area contributed by atoms with Crippen molar-refractivity contribution >= 4 is 5.91 Å². The normalized spacial score (nSPS) is 23.9. The van der Waals surface area contributed by atoms with Crippen molar-refractivity contribution in [2.45, 2.75) is 26.4 Å². The summed E-state index contributed by atoms with van der Waals surface area (Å²) < 4.78 is 10.8. The van der Waals surface area contributed by atoms with Crippen LogP contribution in [0.3, 0.4) is 0 Å². The highest BCUT2D eigenvalue weighted by molar-refractivity contribution is 5.74. The van der Waals surface area contributed by atoms with E-state index in [1.54, 1.807) is 21.1 Å². The van der Waals surface area contributed by atoms with Crippen molar-refractivity contribution in [2.75, 3.05) is 33.9 Å². The Balaban J connectivity index is 1.54. The number of benzene rings is 2. The summed E-state index contributed by atoms with van der Waals surface area (Å²) in [5.41, 5.74) is 3.78. The number of aryl methyl sites for hydroxylation is 1. The molecule has 2 aliphatic heterocycles. The lowest BCUT2D eigenvalue weighted by atomic mass is 9.87. The van der Waals surface area contributed by atoms with Gasteiger partial charge in [0.1, 0.15) is 0 Å². The summed E-state index contributed by atoms with van der Waals surface area (Å²) in [4.78, 5) is 17.0. The minimum absolute atomic E-state index is 0.175. The molecular formula is C24H30N2O3. The van der Waals surface area contributed by atoms with Gasteiger partial charge in [-0.15, -0.1) is 0 Å². The molecule has 0 spiro atoms. The van der Waals surface area contributed by atoms with Crippen molar-refractivity contribution < 1.29 is 14.3 Å². The molecule has 2 aliphatic rings. The third-order valence-electron chi connectivity index (χ3n) is 6.51. The van der Waals surface area contributed by atoms with Crippen molar-refractivity contribution in [3.05, 3.63) is 59.2 Å². The summed E-state index contributed by atoms with van der Waals surface area (Å²) in [5.74, 6) is 2.69. The molecule has 2 fully saturated rings. The van der Waals surface area contributed by atoms with Crippen LogP contribution in [-0.4, -0.2) is 49.6 Å². The number of amides is 1. The van der Waals surface area contributed by atoms with Gasteiger partial charge < -0.3 is 14.4 Å². The van der Waals surface area contributed by atoms with Crippen LogP contribution in [0.1, 0.15) is 29.7 Å². The number of rotatable bonds is 5. The van der Waals surface area contributed by atoms with Crippen LogP contribution in [0.25, 0.3) is 0 Å². The Morgan fingerprint density at radius 2 is 1.79 bits per heavy atom. The first kappa shape index (κ1) is 19.8. The molecule has 0 aliphatic carbocycles. The molecule has 2 aromatic rings. The molecule has 5 nitrogen and oxygen atoms in total. The molecule has 1 amide bonds. The second-order valence-electron chi connectivity index (χ2n) is 8.28. The van der Waals surface area contributed by atoms with Gasteiger partial charge in [0.05, 0.1) is 20.3 Å². The third kappa shape index (κ3) is 3.71. The molecule has 2 heterocycles. The Hall–Kier alpha value is -2.53. The van der Waals surface area contributed by atoms with E-state index in [1.807, 2.05) is 6.07 Å². The van der Waals surface area contributed by atoms with Crippen molar-refractivity contribution in [1.82, 2.24) is 9.80 Å². The predicted octanol–water partition coefficient (Wildman–Crippen LogP) is 3.66. The summed E-state index contributed by atoms with van der Waals surface area (Å²) in [6, 6.07) is 14.8. The summed E-state index contributed by atoms with van der Waals surface area (Å²) in [5, 5.41) is 0. The van der Waals surface area contributed by atoms with Gasteiger partial charge in [-0.3, -0.25) is 9.69 Å². The van der Waals surface area contributed by atoms with Crippen LogP contribution in [0.5, 0.6) is 11.5 Å². The second-order valence-corrected chi connectivity index (χ2v) is 8.28. The third-order valence-corrected chi connectivity index (χ3v) is 6.51. The summed E-state index contributed by atoms with van der Waals surface area (Å²) >= 11 is 0. The Labute approximate surface area is 173 Å². The number of carbonyl (C=O) groups is 1. The van der Waals surface area contributed by atoms with E-state index in [9.17, 15) is 4.79 Å². The zero-order valence-electron chi connectivity index (χ0n) is 17.7. The maximum absolute atomic E-state index is 12.4. The summed E-state index contributed by atoms with van der Waals surface area (Å²) in [6.07, 6.45) is 0. The predicted molar refractivity (Wildman–Crippen MR) is 113 cm³/mol. The lowest BCUT2D eigenvalue weighted by Crippen LogP contribution is -2.34. The van der Waals surface area contributed by atoms with Gasteiger partial charge in [0, 0.05) is 39.0 Å². The van der Waals surface area contributed by atoms with Crippen molar-refractivity contribution in [1.29, 1.82) is 0 Å². The molecule has 2 saturated heterocycles. The lowest BCUT2D eigenvalue weighted by molar-refractivity contribution is -0.130. The lowest BCUT2D eigenvalue weighted by Gasteiger charge is -2.30. The maximum Gasteiger partial charge on any atom is 0.219 e. The molecule has 0 saturated carbocycles. The minimum Gasteiger partial charge on any atom is -0.493 e. The molecule has 5 heteroatoms. The Morgan fingerprint density at radius 3 is 2.48 bits per heavy atom. The number of carbonyl (C=O) groups excluding carboxylic acids is 1. The smallest absolute Gasteiger partial charge is 0.219 e. The standard InChI is InChI=1S/C24H30N2O3/c1-16-7-5-6-8-20(16)24-21-15-25(13-19(21)14-26(24)17(2)27)12-18-9-10-22(28-3)23(11-18)29-4/h5-11,19,21,24H,12-15H2,1-4H3/t19-,21-,24+/m1/s1. The van der Waals surface area contributed by atoms with Gasteiger partial charge in [-0.05, 0) is 41.7 Å². The van der Waals surface area contributed by atoms with Crippen LogP contribution in [0.15, 0.2) is 42.5 Å². The van der Waals surface area contributed by atoms with Crippen LogP contribution in [0.4, 0.5) is 0 Å². The largest absolute Gasteiger partial charge is 0.493 e. The van der Waals surface area contributed by atoms with E-state index in [0.29, 0.717) is 11.8 Å². The highest BCUT2D eigenvalue weighted by Crippen LogP contribution is 2.46. The number of hydrogen-bond donors (Lipinski definition) is 0. The zero-order chi connectivity index (χ0) is 20.5. The van der Waals surface area contributed by atoms with Crippen LogP contribution >= 0.6 is 0 Å². The Kier molecular flexibility index (Phi) is 5.50. The van der Waals surface area contributed by atoms with Gasteiger partial charge in [-0.2, -0.15) is 0 Å². The molecule has 0 radical (unpaired) electrons. The molecular weight excluding hydrogens is 364 g/mol. The molecule has 0 unspecified atom stereocenters. The molecule has 0 bridgehead atoms. The number of fused-ring (bicyclic) bond motifs is 1. The van der Waals surface area contributed by atoms with Crippen LogP contribution in [0.2, 0.25) is 0 Å². The van der Waals surface area contributed by atoms with Gasteiger partial charge in [0.15, 0.2) is 11.5 Å². The number of likely N-dealkylation sites (tertiary alicyclic amines) is 2. The fourth-order valence-electron chi connectivity index (χ4n) is 5.14. The topological polar surface area (TPSA) is 42.0 Å². The van der Waals surface area contributed by atoms with Crippen LogP contribution < -0.4 is 9.47 Å². The van der Waals surface area contributed by atoms with Crippen LogP contribution in [0, 0.1) is 18.8 Å². The zero-order valence-corrected chi connectivity index (χ0v) is 17.7. The molecule has 0 N–H and O–H groups in total. The van der Waals surface area contributed by atoms with E-state index in [4.69, 9.17) is 9.47 Å². The minimum atomic E-state index is 0.175. The Morgan fingerprint density at radius 1 is 1.03 bits per heavy atom. The first-order valence-electron chi connectivity index (χ1n) is 10.3. The second kappa shape index (κ2) is 8.07. The van der Waals surface area contributed by atoms with Gasteiger partial charge in [-0.25, -0.2) is 0 Å². The van der Waals surface area contributed by atoms with E-state index >= 15 is 0 Å². The SMILES string of the molecule is COc1ccc(CN2C[C@@H]3CN(C(C)=O)[C@@H](c4ccccc4C)[C@@H]3C2)cc1OC. The average molecular weight is 395 g/mol.